The summed E-state index contributed by atoms with van der Waals surface area (Å²) in [6.45, 7) is 3.93. The molecule has 0 radical (unpaired) electrons. The van der Waals surface area contributed by atoms with E-state index in [4.69, 9.17) is 0 Å². The lowest BCUT2D eigenvalue weighted by atomic mass is 9.98. The molecule has 1 fully saturated rings. The number of hydrogen-bond acceptors (Lipinski definition) is 4. The molecule has 0 aliphatic carbocycles. The Labute approximate surface area is 157 Å². The SMILES string of the molecule is C/C=C(/NC(=O)c1c(F)cccc1F)C(=NC)C(=O)NCC1CCNCC1. The summed E-state index contributed by atoms with van der Waals surface area (Å²) in [5, 5.41) is 8.45. The van der Waals surface area contributed by atoms with Crippen LogP contribution in [0.3, 0.4) is 0 Å². The summed E-state index contributed by atoms with van der Waals surface area (Å²) in [5.74, 6) is -3.00. The summed E-state index contributed by atoms with van der Waals surface area (Å²) >= 11 is 0. The zero-order valence-corrected chi connectivity index (χ0v) is 15.4. The maximum absolute atomic E-state index is 13.8. The molecule has 146 valence electrons. The molecule has 1 aliphatic rings. The largest absolute Gasteiger partial charge is 0.350 e. The third-order valence-corrected chi connectivity index (χ3v) is 4.43. The molecule has 0 atom stereocenters. The number of nitrogens with one attached hydrogen (secondary N) is 3. The van der Waals surface area contributed by atoms with Crippen LogP contribution in [0.5, 0.6) is 0 Å². The lowest BCUT2D eigenvalue weighted by molar-refractivity contribution is -0.115. The van der Waals surface area contributed by atoms with Crippen LogP contribution in [-0.2, 0) is 4.79 Å². The molecule has 2 amide bonds. The summed E-state index contributed by atoms with van der Waals surface area (Å²) in [4.78, 5) is 28.7. The highest BCUT2D eigenvalue weighted by atomic mass is 19.1. The third-order valence-electron chi connectivity index (χ3n) is 4.43. The summed E-state index contributed by atoms with van der Waals surface area (Å²) in [5.41, 5.74) is -0.619. The fourth-order valence-electron chi connectivity index (χ4n) is 2.92. The summed E-state index contributed by atoms with van der Waals surface area (Å²) < 4.78 is 27.6. The van der Waals surface area contributed by atoms with Gasteiger partial charge in [0.1, 0.15) is 22.9 Å². The van der Waals surface area contributed by atoms with Crippen molar-refractivity contribution in [2.45, 2.75) is 19.8 Å². The molecule has 0 unspecified atom stereocenters. The lowest BCUT2D eigenvalue weighted by Gasteiger charge is -2.23. The molecule has 0 spiro atoms. The van der Waals surface area contributed by atoms with Crippen LogP contribution in [0.15, 0.2) is 35.0 Å². The van der Waals surface area contributed by atoms with Gasteiger partial charge in [-0.15, -0.1) is 0 Å². The molecule has 1 aliphatic heterocycles. The minimum Gasteiger partial charge on any atom is -0.350 e. The van der Waals surface area contributed by atoms with E-state index in [1.165, 1.54) is 19.2 Å². The molecule has 0 saturated carbocycles. The second-order valence-corrected chi connectivity index (χ2v) is 6.23. The van der Waals surface area contributed by atoms with E-state index in [0.717, 1.165) is 38.1 Å². The summed E-state index contributed by atoms with van der Waals surface area (Å²) in [6, 6.07) is 3.16. The molecule has 0 aromatic heterocycles. The molecule has 8 heteroatoms. The average molecular weight is 378 g/mol. The Bertz CT molecular complexity index is 736. The van der Waals surface area contributed by atoms with Crippen LogP contribution in [0.1, 0.15) is 30.1 Å². The van der Waals surface area contributed by atoms with E-state index in [0.29, 0.717) is 12.5 Å². The molecule has 0 bridgehead atoms. The predicted molar refractivity (Wildman–Crippen MR) is 99.5 cm³/mol. The topological polar surface area (TPSA) is 82.6 Å². The lowest BCUT2D eigenvalue weighted by Crippen LogP contribution is -2.41. The zero-order chi connectivity index (χ0) is 19.8. The van der Waals surface area contributed by atoms with E-state index in [-0.39, 0.29) is 11.4 Å². The van der Waals surface area contributed by atoms with E-state index in [1.54, 1.807) is 6.92 Å². The van der Waals surface area contributed by atoms with Crippen molar-refractivity contribution in [2.24, 2.45) is 10.9 Å². The van der Waals surface area contributed by atoms with Crippen molar-refractivity contribution in [1.29, 1.82) is 0 Å². The smallest absolute Gasteiger partial charge is 0.271 e. The first-order chi connectivity index (χ1) is 13.0. The predicted octanol–water partition coefficient (Wildman–Crippen LogP) is 1.78. The number of hydrogen-bond donors (Lipinski definition) is 3. The Balaban J connectivity index is 2.05. The van der Waals surface area contributed by atoms with Gasteiger partial charge in [-0.05, 0) is 50.9 Å². The normalized spacial score (nSPS) is 16.1. The maximum Gasteiger partial charge on any atom is 0.271 e. The minimum absolute atomic E-state index is 0.00321. The van der Waals surface area contributed by atoms with Crippen molar-refractivity contribution in [3.05, 3.63) is 47.2 Å². The van der Waals surface area contributed by atoms with Crippen LogP contribution in [0, 0.1) is 17.6 Å². The van der Waals surface area contributed by atoms with Gasteiger partial charge in [-0.3, -0.25) is 14.6 Å². The zero-order valence-electron chi connectivity index (χ0n) is 15.4. The van der Waals surface area contributed by atoms with Crippen molar-refractivity contribution < 1.29 is 18.4 Å². The fourth-order valence-corrected chi connectivity index (χ4v) is 2.92. The highest BCUT2D eigenvalue weighted by Crippen LogP contribution is 2.13. The van der Waals surface area contributed by atoms with Crippen LogP contribution in [0.25, 0.3) is 0 Å². The van der Waals surface area contributed by atoms with Gasteiger partial charge in [0.25, 0.3) is 11.8 Å². The first-order valence-corrected chi connectivity index (χ1v) is 8.85. The molecule has 1 heterocycles. The first kappa shape index (κ1) is 20.7. The van der Waals surface area contributed by atoms with E-state index < -0.39 is 29.0 Å². The molecule has 3 N–H and O–H groups in total. The van der Waals surface area contributed by atoms with Crippen LogP contribution >= 0.6 is 0 Å². The van der Waals surface area contributed by atoms with Gasteiger partial charge in [0.2, 0.25) is 0 Å². The second-order valence-electron chi connectivity index (χ2n) is 6.23. The fraction of sp³-hybridized carbons (Fsp3) is 0.421. The standard InChI is InChI=1S/C19H24F2N4O2/c1-3-15(25-18(26)16-13(20)5-4-6-14(16)21)17(22-2)19(27)24-11-12-7-9-23-10-8-12/h3-6,12,23H,7-11H2,1-2H3,(H,24,27)(H,25,26)/b15-3+,22-17?. The number of carbonyl (C=O) groups is 2. The number of carbonyl (C=O) groups excluding carboxylic acids is 2. The number of piperidine rings is 1. The molecule has 27 heavy (non-hydrogen) atoms. The van der Waals surface area contributed by atoms with Crippen molar-refractivity contribution in [1.82, 2.24) is 16.0 Å². The van der Waals surface area contributed by atoms with Crippen LogP contribution in [0.2, 0.25) is 0 Å². The summed E-state index contributed by atoms with van der Waals surface area (Å²) in [6.07, 6.45) is 3.40. The van der Waals surface area contributed by atoms with E-state index in [1.807, 2.05) is 0 Å². The number of halogens is 2. The van der Waals surface area contributed by atoms with Gasteiger partial charge < -0.3 is 16.0 Å². The molecule has 1 saturated heterocycles. The van der Waals surface area contributed by atoms with Crippen molar-refractivity contribution in [2.75, 3.05) is 26.7 Å². The number of rotatable bonds is 6. The van der Waals surface area contributed by atoms with E-state index in [2.05, 4.69) is 20.9 Å². The summed E-state index contributed by atoms with van der Waals surface area (Å²) in [7, 11) is 1.42. The van der Waals surface area contributed by atoms with Gasteiger partial charge in [0.05, 0.1) is 5.70 Å². The van der Waals surface area contributed by atoms with Crippen LogP contribution in [-0.4, -0.2) is 44.2 Å². The quantitative estimate of drug-likeness (QED) is 0.660. The molecule has 1 aromatic rings. The Morgan fingerprint density at radius 2 is 1.89 bits per heavy atom. The first-order valence-electron chi connectivity index (χ1n) is 8.85. The van der Waals surface area contributed by atoms with Gasteiger partial charge in [0.15, 0.2) is 0 Å². The minimum atomic E-state index is -0.981. The third kappa shape index (κ3) is 5.43. The van der Waals surface area contributed by atoms with Crippen molar-refractivity contribution in [3.8, 4) is 0 Å². The number of nitrogens with zero attached hydrogens (tertiary/aromatic N) is 1. The average Bonchev–Trinajstić information content (AvgIpc) is 2.66. The second kappa shape index (κ2) is 9.91. The maximum atomic E-state index is 13.8. The Hall–Kier alpha value is -2.61. The Morgan fingerprint density at radius 3 is 2.44 bits per heavy atom. The van der Waals surface area contributed by atoms with Crippen molar-refractivity contribution >= 4 is 17.5 Å². The molecular formula is C19H24F2N4O2. The van der Waals surface area contributed by atoms with Gasteiger partial charge in [-0.2, -0.15) is 0 Å². The van der Waals surface area contributed by atoms with Crippen LogP contribution < -0.4 is 16.0 Å². The van der Waals surface area contributed by atoms with Gasteiger partial charge in [0, 0.05) is 13.6 Å². The number of aliphatic imine (C=N–C) groups is 1. The molecule has 6 nitrogen and oxygen atoms in total. The molecule has 1 aromatic carbocycles. The van der Waals surface area contributed by atoms with Crippen LogP contribution in [0.4, 0.5) is 8.78 Å². The Morgan fingerprint density at radius 1 is 1.26 bits per heavy atom. The Kier molecular flexibility index (Phi) is 7.60. The highest BCUT2D eigenvalue weighted by Gasteiger charge is 2.23. The monoisotopic (exact) mass is 378 g/mol. The van der Waals surface area contributed by atoms with Gasteiger partial charge >= 0.3 is 0 Å². The van der Waals surface area contributed by atoms with E-state index >= 15 is 0 Å². The number of benzene rings is 1. The van der Waals surface area contributed by atoms with Gasteiger partial charge in [-0.25, -0.2) is 8.78 Å². The number of allylic oxidation sites excluding steroid dienone is 1. The molecular weight excluding hydrogens is 354 g/mol. The van der Waals surface area contributed by atoms with E-state index in [9.17, 15) is 18.4 Å². The highest BCUT2D eigenvalue weighted by molar-refractivity contribution is 6.45. The van der Waals surface area contributed by atoms with Gasteiger partial charge in [-0.1, -0.05) is 12.1 Å². The molecule has 2 rings (SSSR count). The van der Waals surface area contributed by atoms with Crippen molar-refractivity contribution in [3.63, 3.8) is 0 Å². The number of amides is 2.